The SMILES string of the molecule is O=C1CC(n2nnc3cc(Cc4ccc5c(c4)nnn5C4CC(=O)N(c5ccccc5)C4=O)ccc32)C(=O)N1c1ccccc1. The van der Waals surface area contributed by atoms with Crippen LogP contribution in [0.2, 0.25) is 0 Å². The van der Waals surface area contributed by atoms with E-state index < -0.39 is 12.1 Å². The number of para-hydroxylation sites is 2. The van der Waals surface area contributed by atoms with E-state index in [1.54, 1.807) is 48.5 Å². The van der Waals surface area contributed by atoms with Gasteiger partial charge in [-0.2, -0.15) is 0 Å². The molecule has 12 nitrogen and oxygen atoms in total. The summed E-state index contributed by atoms with van der Waals surface area (Å²) in [7, 11) is 0. The molecule has 0 N–H and O–H groups in total. The van der Waals surface area contributed by atoms with Gasteiger partial charge in [-0.15, -0.1) is 10.2 Å². The molecule has 4 heterocycles. The number of rotatable bonds is 6. The van der Waals surface area contributed by atoms with Crippen molar-refractivity contribution in [3.63, 3.8) is 0 Å². The van der Waals surface area contributed by atoms with Crippen molar-refractivity contribution >= 4 is 57.1 Å². The maximum absolute atomic E-state index is 13.2. The number of benzene rings is 4. The van der Waals surface area contributed by atoms with Gasteiger partial charge in [-0.1, -0.05) is 59.0 Å². The Morgan fingerprint density at radius 2 is 0.978 bits per heavy atom. The molecule has 2 atom stereocenters. The Bertz CT molecular complexity index is 2000. The van der Waals surface area contributed by atoms with Gasteiger partial charge in [0, 0.05) is 0 Å². The molecule has 2 unspecified atom stereocenters. The molecule has 2 aliphatic heterocycles. The van der Waals surface area contributed by atoms with Crippen molar-refractivity contribution in [2.45, 2.75) is 31.3 Å². The van der Waals surface area contributed by atoms with Crippen molar-refractivity contribution in [1.29, 1.82) is 0 Å². The lowest BCUT2D eigenvalue weighted by atomic mass is 10.0. The summed E-state index contributed by atoms with van der Waals surface area (Å²) in [4.78, 5) is 54.4. The lowest BCUT2D eigenvalue weighted by Crippen LogP contribution is -2.31. The van der Waals surface area contributed by atoms with Crippen LogP contribution < -0.4 is 9.80 Å². The zero-order valence-corrected chi connectivity index (χ0v) is 23.7. The number of imide groups is 2. The minimum Gasteiger partial charge on any atom is -0.274 e. The van der Waals surface area contributed by atoms with Crippen LogP contribution in [0.1, 0.15) is 36.1 Å². The predicted octanol–water partition coefficient (Wildman–Crippen LogP) is 3.78. The number of nitrogens with zero attached hydrogens (tertiary/aromatic N) is 8. The van der Waals surface area contributed by atoms with Gasteiger partial charge in [0.2, 0.25) is 11.8 Å². The third-order valence-corrected chi connectivity index (χ3v) is 8.34. The Morgan fingerprint density at radius 1 is 0.556 bits per heavy atom. The largest absolute Gasteiger partial charge is 0.274 e. The van der Waals surface area contributed by atoms with Crippen LogP contribution >= 0.6 is 0 Å². The minimum atomic E-state index is -0.764. The first-order valence-corrected chi connectivity index (χ1v) is 14.5. The molecule has 2 fully saturated rings. The molecule has 2 saturated heterocycles. The molecule has 4 aromatic carbocycles. The summed E-state index contributed by atoms with van der Waals surface area (Å²) in [5.74, 6) is -1.22. The predicted molar refractivity (Wildman–Crippen MR) is 163 cm³/mol. The maximum atomic E-state index is 13.2. The van der Waals surface area contributed by atoms with Gasteiger partial charge >= 0.3 is 0 Å². The van der Waals surface area contributed by atoms with Crippen molar-refractivity contribution in [1.82, 2.24) is 30.0 Å². The second kappa shape index (κ2) is 10.3. The van der Waals surface area contributed by atoms with Crippen molar-refractivity contribution in [2.75, 3.05) is 9.80 Å². The first kappa shape index (κ1) is 26.6. The first-order chi connectivity index (χ1) is 22.0. The van der Waals surface area contributed by atoms with Crippen LogP contribution in [-0.2, 0) is 25.6 Å². The lowest BCUT2D eigenvalue weighted by Gasteiger charge is -2.15. The van der Waals surface area contributed by atoms with Crippen LogP contribution in [0.15, 0.2) is 97.1 Å². The quantitative estimate of drug-likeness (QED) is 0.265. The third kappa shape index (κ3) is 4.37. The Morgan fingerprint density at radius 3 is 1.40 bits per heavy atom. The number of carbonyl (C=O) groups is 4. The molecule has 12 heteroatoms. The molecular weight excluding hydrogens is 572 g/mol. The molecule has 4 amide bonds. The van der Waals surface area contributed by atoms with Gasteiger partial charge in [0.15, 0.2) is 0 Å². The highest BCUT2D eigenvalue weighted by atomic mass is 16.2. The van der Waals surface area contributed by atoms with Gasteiger partial charge in [-0.05, 0) is 66.1 Å². The lowest BCUT2D eigenvalue weighted by molar-refractivity contribution is -0.123. The second-order valence-electron chi connectivity index (χ2n) is 11.1. The van der Waals surface area contributed by atoms with Crippen LogP contribution in [0.3, 0.4) is 0 Å². The van der Waals surface area contributed by atoms with Crippen molar-refractivity contribution in [3.8, 4) is 0 Å². The highest BCUT2D eigenvalue weighted by molar-refractivity contribution is 6.22. The van der Waals surface area contributed by atoms with Crippen LogP contribution in [-0.4, -0.2) is 53.6 Å². The highest BCUT2D eigenvalue weighted by Gasteiger charge is 2.43. The standard InChI is InChI=1S/C33H24N8O4/c42-30-18-28(32(44)38(30)22-7-3-1-4-8-22)40-26-13-11-20(16-24(26)34-36-40)15-21-12-14-27-25(17-21)35-37-41(27)29-19-31(43)39(33(29)45)23-9-5-2-6-10-23/h1-14,16-17,28-29H,15,18-19H2. The molecule has 2 aromatic heterocycles. The van der Waals surface area contributed by atoms with Crippen molar-refractivity contribution in [3.05, 3.63) is 108 Å². The molecule has 0 radical (unpaired) electrons. The van der Waals surface area contributed by atoms with E-state index >= 15 is 0 Å². The van der Waals surface area contributed by atoms with Crippen LogP contribution in [0.5, 0.6) is 0 Å². The summed E-state index contributed by atoms with van der Waals surface area (Å²) in [5.41, 5.74) is 5.58. The summed E-state index contributed by atoms with van der Waals surface area (Å²) < 4.78 is 3.06. The van der Waals surface area contributed by atoms with E-state index in [4.69, 9.17) is 0 Å². The summed E-state index contributed by atoms with van der Waals surface area (Å²) in [5, 5.41) is 17.1. The Balaban J connectivity index is 1.02. The summed E-state index contributed by atoms with van der Waals surface area (Å²) >= 11 is 0. The second-order valence-corrected chi connectivity index (χ2v) is 11.1. The van der Waals surface area contributed by atoms with E-state index in [1.165, 1.54) is 19.2 Å². The topological polar surface area (TPSA) is 136 Å². The number of hydrogen-bond donors (Lipinski definition) is 0. The third-order valence-electron chi connectivity index (χ3n) is 8.34. The van der Waals surface area contributed by atoms with E-state index in [9.17, 15) is 19.2 Å². The summed E-state index contributed by atoms with van der Waals surface area (Å²) in [6, 6.07) is 27.7. The van der Waals surface area contributed by atoms with Gasteiger partial charge in [-0.3, -0.25) is 19.2 Å². The molecular formula is C33H24N8O4. The Hall–Kier alpha value is -6.04. The van der Waals surface area contributed by atoms with E-state index in [2.05, 4.69) is 20.6 Å². The molecule has 45 heavy (non-hydrogen) atoms. The molecule has 220 valence electrons. The molecule has 8 rings (SSSR count). The van der Waals surface area contributed by atoms with Crippen LogP contribution in [0.25, 0.3) is 22.1 Å². The highest BCUT2D eigenvalue weighted by Crippen LogP contribution is 2.33. The molecule has 0 aliphatic carbocycles. The summed E-state index contributed by atoms with van der Waals surface area (Å²) in [6.45, 7) is 0. The number of hydrogen-bond acceptors (Lipinski definition) is 8. The van der Waals surface area contributed by atoms with Gasteiger partial charge in [0.25, 0.3) is 11.8 Å². The van der Waals surface area contributed by atoms with Gasteiger partial charge in [0.1, 0.15) is 23.1 Å². The average Bonchev–Trinajstić information content (AvgIpc) is 3.81. The van der Waals surface area contributed by atoms with E-state index in [-0.39, 0.29) is 36.5 Å². The van der Waals surface area contributed by atoms with Gasteiger partial charge < -0.3 is 0 Å². The Kier molecular flexibility index (Phi) is 6.08. The monoisotopic (exact) mass is 596 g/mol. The van der Waals surface area contributed by atoms with Crippen molar-refractivity contribution < 1.29 is 19.2 Å². The Labute approximate surface area is 255 Å². The zero-order chi connectivity index (χ0) is 30.7. The smallest absolute Gasteiger partial charge is 0.259 e. The van der Waals surface area contributed by atoms with Crippen molar-refractivity contribution in [2.24, 2.45) is 0 Å². The summed E-state index contributed by atoms with van der Waals surface area (Å²) in [6.07, 6.45) is 0.593. The fourth-order valence-corrected chi connectivity index (χ4v) is 6.20. The van der Waals surface area contributed by atoms with E-state index in [0.717, 1.165) is 11.1 Å². The van der Waals surface area contributed by atoms with Crippen LogP contribution in [0.4, 0.5) is 11.4 Å². The zero-order valence-electron chi connectivity index (χ0n) is 23.7. The van der Waals surface area contributed by atoms with Gasteiger partial charge in [0.05, 0.1) is 35.2 Å². The first-order valence-electron chi connectivity index (χ1n) is 14.5. The van der Waals surface area contributed by atoms with E-state index in [1.807, 2.05) is 48.5 Å². The molecule has 0 saturated carbocycles. The van der Waals surface area contributed by atoms with Crippen LogP contribution in [0, 0.1) is 0 Å². The fraction of sp³-hybridized carbons (Fsp3) is 0.152. The van der Waals surface area contributed by atoms with Gasteiger partial charge in [-0.25, -0.2) is 19.2 Å². The number of carbonyl (C=O) groups excluding carboxylic acids is 4. The molecule has 6 aromatic rings. The van der Waals surface area contributed by atoms with E-state index in [0.29, 0.717) is 39.9 Å². The molecule has 2 aliphatic rings. The number of anilines is 2. The number of aromatic nitrogens is 6. The fourth-order valence-electron chi connectivity index (χ4n) is 6.20. The normalized spacial score (nSPS) is 18.7. The molecule has 0 spiro atoms. The molecule has 0 bridgehead atoms. The maximum Gasteiger partial charge on any atom is 0.259 e. The minimum absolute atomic E-state index is 0.0134. The number of fused-ring (bicyclic) bond motifs is 2. The number of amides is 4. The average molecular weight is 597 g/mol.